The zero-order valence-corrected chi connectivity index (χ0v) is 12.9. The zero-order valence-electron chi connectivity index (χ0n) is 12.9. The molecule has 2 N–H and O–H groups in total. The third-order valence-electron chi connectivity index (χ3n) is 3.18. The summed E-state index contributed by atoms with van der Waals surface area (Å²) in [5.74, 6) is -0.288. The van der Waals surface area contributed by atoms with Crippen molar-refractivity contribution in [2.24, 2.45) is 0 Å². The van der Waals surface area contributed by atoms with E-state index in [2.05, 4.69) is 6.92 Å². The summed E-state index contributed by atoms with van der Waals surface area (Å²) in [5, 5.41) is 19.4. The molecule has 0 radical (unpaired) electrons. The van der Waals surface area contributed by atoms with Crippen molar-refractivity contribution >= 4 is 11.0 Å². The molecule has 6 heteroatoms. The molecule has 0 saturated heterocycles. The number of benzene rings is 1. The normalized spacial score (nSPS) is 11.2. The van der Waals surface area contributed by atoms with E-state index >= 15 is 0 Å². The number of para-hydroxylation sites is 1. The minimum absolute atomic E-state index is 0.0575. The van der Waals surface area contributed by atoms with E-state index in [-0.39, 0.29) is 36.0 Å². The Balaban J connectivity index is 2.34. The summed E-state index contributed by atoms with van der Waals surface area (Å²) in [6.07, 6.45) is 6.07. The Morgan fingerprint density at radius 1 is 1.35 bits per heavy atom. The number of hydrogen-bond donors (Lipinski definition) is 2. The first-order chi connectivity index (χ1) is 11.2. The van der Waals surface area contributed by atoms with Crippen molar-refractivity contribution in [3.05, 3.63) is 41.0 Å². The van der Waals surface area contributed by atoms with Crippen LogP contribution in [0.25, 0.3) is 11.0 Å². The number of fused-ring (bicyclic) bond motifs is 1. The first kappa shape index (κ1) is 16.9. The molecule has 0 atom stereocenters. The van der Waals surface area contributed by atoms with Gasteiger partial charge in [-0.2, -0.15) is 0 Å². The van der Waals surface area contributed by atoms with Gasteiger partial charge in [-0.05, 0) is 31.1 Å². The Hall–Kier alpha value is -2.47. The summed E-state index contributed by atoms with van der Waals surface area (Å²) in [6, 6.07) is 4.83. The van der Waals surface area contributed by atoms with Crippen LogP contribution in [0.1, 0.15) is 26.2 Å². The molecule has 1 aromatic heterocycles. The summed E-state index contributed by atoms with van der Waals surface area (Å²) in [7, 11) is 0. The first-order valence-corrected chi connectivity index (χ1v) is 7.53. The van der Waals surface area contributed by atoms with Crippen LogP contribution in [0.5, 0.6) is 17.2 Å². The van der Waals surface area contributed by atoms with Gasteiger partial charge in [0.15, 0.2) is 17.1 Å². The van der Waals surface area contributed by atoms with E-state index in [4.69, 9.17) is 19.0 Å². The molecule has 0 aliphatic heterocycles. The van der Waals surface area contributed by atoms with Crippen molar-refractivity contribution in [1.29, 1.82) is 0 Å². The van der Waals surface area contributed by atoms with E-state index in [1.807, 2.05) is 0 Å². The van der Waals surface area contributed by atoms with Crippen LogP contribution in [0.4, 0.5) is 0 Å². The van der Waals surface area contributed by atoms with Crippen molar-refractivity contribution < 1.29 is 24.1 Å². The molecule has 0 fully saturated rings. The molecule has 0 unspecified atom stereocenters. The molecule has 124 valence electrons. The van der Waals surface area contributed by atoms with Crippen molar-refractivity contribution in [3.63, 3.8) is 0 Å². The number of unbranched alkanes of at least 4 members (excludes halogenated alkanes) is 2. The van der Waals surface area contributed by atoms with Gasteiger partial charge in [-0.3, -0.25) is 0 Å². The van der Waals surface area contributed by atoms with Crippen LogP contribution in [0.3, 0.4) is 0 Å². The Morgan fingerprint density at radius 3 is 2.91 bits per heavy atom. The lowest BCUT2D eigenvalue weighted by Crippen LogP contribution is -2.06. The monoisotopic (exact) mass is 320 g/mol. The Bertz CT molecular complexity index is 732. The predicted octanol–water partition coefficient (Wildman–Crippen LogP) is 2.95. The summed E-state index contributed by atoms with van der Waals surface area (Å²) in [5.41, 5.74) is -0.680. The lowest BCUT2D eigenvalue weighted by atomic mass is 10.2. The van der Waals surface area contributed by atoms with Gasteiger partial charge in [-0.15, -0.1) is 0 Å². The van der Waals surface area contributed by atoms with Crippen LogP contribution in [0.15, 0.2) is 39.7 Å². The maximum Gasteiger partial charge on any atom is 0.383 e. The minimum Gasteiger partial charge on any atom is -0.504 e. The van der Waals surface area contributed by atoms with Gasteiger partial charge in [0.05, 0.1) is 18.3 Å². The molecule has 2 rings (SSSR count). The SMILES string of the molecule is CCCC/C=C/Oc1c(O)c2cccc(OCCO)c2oc1=O. The van der Waals surface area contributed by atoms with E-state index in [1.165, 1.54) is 6.26 Å². The fourth-order valence-electron chi connectivity index (χ4n) is 2.04. The fourth-order valence-corrected chi connectivity index (χ4v) is 2.04. The van der Waals surface area contributed by atoms with Gasteiger partial charge >= 0.3 is 5.63 Å². The quantitative estimate of drug-likeness (QED) is 0.441. The van der Waals surface area contributed by atoms with Crippen LogP contribution in [0, 0.1) is 0 Å². The highest BCUT2D eigenvalue weighted by Crippen LogP contribution is 2.35. The van der Waals surface area contributed by atoms with Crippen LogP contribution in [0.2, 0.25) is 0 Å². The number of aromatic hydroxyl groups is 1. The highest BCUT2D eigenvalue weighted by Gasteiger charge is 2.17. The second kappa shape index (κ2) is 8.24. The van der Waals surface area contributed by atoms with Gasteiger partial charge in [0.25, 0.3) is 5.75 Å². The summed E-state index contributed by atoms with van der Waals surface area (Å²) in [6.45, 7) is 1.97. The molecule has 0 amide bonds. The highest BCUT2D eigenvalue weighted by atomic mass is 16.5. The molecule has 0 bridgehead atoms. The molecule has 1 aromatic carbocycles. The molecule has 6 nitrogen and oxygen atoms in total. The van der Waals surface area contributed by atoms with Gasteiger partial charge in [0.1, 0.15) is 6.61 Å². The predicted molar refractivity (Wildman–Crippen MR) is 86.0 cm³/mol. The van der Waals surface area contributed by atoms with E-state index < -0.39 is 5.63 Å². The van der Waals surface area contributed by atoms with E-state index in [9.17, 15) is 9.90 Å². The fraction of sp³-hybridized carbons (Fsp3) is 0.353. The average molecular weight is 320 g/mol. The first-order valence-electron chi connectivity index (χ1n) is 7.53. The second-order valence-electron chi connectivity index (χ2n) is 4.90. The molecule has 2 aromatic rings. The van der Waals surface area contributed by atoms with Gasteiger partial charge < -0.3 is 24.1 Å². The molecule has 0 saturated carbocycles. The second-order valence-corrected chi connectivity index (χ2v) is 4.90. The van der Waals surface area contributed by atoms with Gasteiger partial charge in [-0.25, -0.2) is 4.79 Å². The molecule has 0 aliphatic carbocycles. The smallest absolute Gasteiger partial charge is 0.383 e. The van der Waals surface area contributed by atoms with Crippen molar-refractivity contribution in [3.8, 4) is 17.2 Å². The molecular weight excluding hydrogens is 300 g/mol. The van der Waals surface area contributed by atoms with E-state index in [0.29, 0.717) is 5.39 Å². The topological polar surface area (TPSA) is 89.1 Å². The van der Waals surface area contributed by atoms with Gasteiger partial charge in [0, 0.05) is 0 Å². The molecule has 0 aliphatic rings. The van der Waals surface area contributed by atoms with E-state index in [0.717, 1.165) is 19.3 Å². The highest BCUT2D eigenvalue weighted by molar-refractivity contribution is 5.89. The number of ether oxygens (including phenoxy) is 2. The summed E-state index contributed by atoms with van der Waals surface area (Å²) >= 11 is 0. The molecular formula is C17H20O6. The third-order valence-corrected chi connectivity index (χ3v) is 3.18. The zero-order chi connectivity index (χ0) is 16.7. The van der Waals surface area contributed by atoms with Crippen LogP contribution < -0.4 is 15.1 Å². The van der Waals surface area contributed by atoms with Gasteiger partial charge in [0.2, 0.25) is 0 Å². The standard InChI is InChI=1S/C17H20O6/c1-2-3-4-5-10-22-16-14(19)12-7-6-8-13(21-11-9-18)15(12)23-17(16)20/h5-8,10,18-19H,2-4,9,11H2,1H3/b10-5+. The number of hydrogen-bond acceptors (Lipinski definition) is 6. The summed E-state index contributed by atoms with van der Waals surface area (Å²) < 4.78 is 15.7. The van der Waals surface area contributed by atoms with Crippen LogP contribution in [-0.2, 0) is 0 Å². The Morgan fingerprint density at radius 2 is 2.17 bits per heavy atom. The maximum atomic E-state index is 12.0. The van der Waals surface area contributed by atoms with Gasteiger partial charge in [-0.1, -0.05) is 19.4 Å². The van der Waals surface area contributed by atoms with Crippen LogP contribution >= 0.6 is 0 Å². The number of rotatable bonds is 8. The minimum atomic E-state index is -0.796. The third kappa shape index (κ3) is 4.04. The lowest BCUT2D eigenvalue weighted by molar-refractivity contribution is 0.201. The number of aliphatic hydroxyl groups excluding tert-OH is 1. The largest absolute Gasteiger partial charge is 0.504 e. The number of aliphatic hydroxyl groups is 1. The lowest BCUT2D eigenvalue weighted by Gasteiger charge is -2.09. The van der Waals surface area contributed by atoms with Crippen molar-refractivity contribution in [2.75, 3.05) is 13.2 Å². The molecule has 23 heavy (non-hydrogen) atoms. The van der Waals surface area contributed by atoms with Crippen molar-refractivity contribution in [1.82, 2.24) is 0 Å². The Kier molecular flexibility index (Phi) is 6.05. The average Bonchev–Trinajstić information content (AvgIpc) is 2.55. The number of allylic oxidation sites excluding steroid dienone is 1. The maximum absolute atomic E-state index is 12.0. The van der Waals surface area contributed by atoms with E-state index in [1.54, 1.807) is 24.3 Å². The molecule has 0 spiro atoms. The molecule has 1 heterocycles. The van der Waals surface area contributed by atoms with Crippen molar-refractivity contribution in [2.45, 2.75) is 26.2 Å². The van der Waals surface area contributed by atoms with Crippen LogP contribution in [-0.4, -0.2) is 23.4 Å². The Labute approximate surface area is 133 Å². The summed E-state index contributed by atoms with van der Waals surface area (Å²) in [4.78, 5) is 12.0.